The molecule has 0 radical (unpaired) electrons. The summed E-state index contributed by atoms with van der Waals surface area (Å²) in [6.07, 6.45) is 5.30. The van der Waals surface area contributed by atoms with Crippen LogP contribution in [0, 0.1) is 0 Å². The van der Waals surface area contributed by atoms with Gasteiger partial charge in [-0.05, 0) is 25.0 Å². The zero-order valence-electron chi connectivity index (χ0n) is 8.63. The first-order valence-corrected chi connectivity index (χ1v) is 5.34. The molecule has 1 N–H and O–H groups in total. The molecule has 0 spiro atoms. The number of carbonyl (C=O) groups is 1. The number of fused-ring (bicyclic) bond motifs is 1. The Morgan fingerprint density at radius 3 is 2.88 bits per heavy atom. The number of pyridine rings is 1. The summed E-state index contributed by atoms with van der Waals surface area (Å²) in [6.45, 7) is 0. The highest BCUT2D eigenvalue weighted by Gasteiger charge is 2.25. The lowest BCUT2D eigenvalue weighted by Gasteiger charge is -2.23. The number of rotatable bonds is 2. The van der Waals surface area contributed by atoms with Gasteiger partial charge in [0.05, 0.1) is 0 Å². The Bertz CT molecular complexity index is 557. The molecule has 2 aromatic heterocycles. The van der Waals surface area contributed by atoms with Gasteiger partial charge in [-0.25, -0.2) is 4.79 Å². The molecule has 82 valence electrons. The minimum absolute atomic E-state index is 0.209. The third-order valence-corrected chi connectivity index (χ3v) is 3.16. The summed E-state index contributed by atoms with van der Waals surface area (Å²) in [6, 6.07) is 3.28. The molecule has 0 unspecified atom stereocenters. The highest BCUT2D eigenvalue weighted by Crippen LogP contribution is 2.35. The van der Waals surface area contributed by atoms with E-state index in [-0.39, 0.29) is 5.56 Å². The first kappa shape index (κ1) is 9.33. The van der Waals surface area contributed by atoms with Gasteiger partial charge < -0.3 is 5.11 Å². The van der Waals surface area contributed by atoms with Gasteiger partial charge in [-0.3, -0.25) is 4.40 Å². The normalized spacial score (nSPS) is 16.2. The van der Waals surface area contributed by atoms with Crippen molar-refractivity contribution in [3.63, 3.8) is 0 Å². The van der Waals surface area contributed by atoms with E-state index in [1.807, 2.05) is 6.20 Å². The number of carboxylic acid groups (broad SMARTS) is 1. The third kappa shape index (κ3) is 1.21. The van der Waals surface area contributed by atoms with Crippen LogP contribution in [0.5, 0.6) is 0 Å². The molecule has 2 aromatic rings. The lowest BCUT2D eigenvalue weighted by molar-refractivity contribution is 0.0698. The number of nitrogens with zero attached hydrogens (tertiary/aromatic N) is 3. The lowest BCUT2D eigenvalue weighted by atomic mass is 9.85. The maximum absolute atomic E-state index is 11.0. The van der Waals surface area contributed by atoms with Crippen molar-refractivity contribution in [1.29, 1.82) is 0 Å². The van der Waals surface area contributed by atoms with Crippen LogP contribution in [0.2, 0.25) is 0 Å². The van der Waals surface area contributed by atoms with E-state index in [1.54, 1.807) is 16.5 Å². The number of hydrogen-bond acceptors (Lipinski definition) is 3. The first-order valence-electron chi connectivity index (χ1n) is 5.34. The molecule has 1 saturated carbocycles. The molecule has 1 aliphatic rings. The zero-order valence-corrected chi connectivity index (χ0v) is 8.63. The fraction of sp³-hybridized carbons (Fsp3) is 0.364. The molecule has 16 heavy (non-hydrogen) atoms. The summed E-state index contributed by atoms with van der Waals surface area (Å²) >= 11 is 0. The molecule has 5 heteroatoms. The van der Waals surface area contributed by atoms with Gasteiger partial charge in [0.15, 0.2) is 5.65 Å². The number of carboxylic acids is 1. The van der Waals surface area contributed by atoms with Crippen molar-refractivity contribution in [1.82, 2.24) is 14.6 Å². The standard InChI is InChI=1S/C11H11N3O2/c15-11(16)8-5-2-6-14-9(7-3-1-4-7)12-13-10(8)14/h2,5-7H,1,3-4H2,(H,15,16). The first-order chi connectivity index (χ1) is 7.77. The van der Waals surface area contributed by atoms with Gasteiger partial charge in [-0.2, -0.15) is 0 Å². The van der Waals surface area contributed by atoms with E-state index in [0.717, 1.165) is 18.7 Å². The van der Waals surface area contributed by atoms with Crippen molar-refractivity contribution in [2.24, 2.45) is 0 Å². The largest absolute Gasteiger partial charge is 0.478 e. The Labute approximate surface area is 91.7 Å². The van der Waals surface area contributed by atoms with E-state index >= 15 is 0 Å². The second-order valence-electron chi connectivity index (χ2n) is 4.11. The fourth-order valence-electron chi connectivity index (χ4n) is 2.05. The summed E-state index contributed by atoms with van der Waals surface area (Å²) in [7, 11) is 0. The van der Waals surface area contributed by atoms with Crippen LogP contribution in [0.25, 0.3) is 5.65 Å². The van der Waals surface area contributed by atoms with Crippen molar-refractivity contribution < 1.29 is 9.90 Å². The molecule has 1 fully saturated rings. The van der Waals surface area contributed by atoms with Crippen molar-refractivity contribution in [3.8, 4) is 0 Å². The zero-order chi connectivity index (χ0) is 11.1. The molecule has 1 aliphatic carbocycles. The van der Waals surface area contributed by atoms with Crippen molar-refractivity contribution in [2.45, 2.75) is 25.2 Å². The molecular formula is C11H11N3O2. The summed E-state index contributed by atoms with van der Waals surface area (Å²) in [4.78, 5) is 11.0. The fourth-order valence-corrected chi connectivity index (χ4v) is 2.05. The predicted molar refractivity (Wildman–Crippen MR) is 56.5 cm³/mol. The second-order valence-corrected chi connectivity index (χ2v) is 4.11. The smallest absolute Gasteiger partial charge is 0.339 e. The van der Waals surface area contributed by atoms with E-state index in [0.29, 0.717) is 11.6 Å². The Morgan fingerprint density at radius 1 is 1.44 bits per heavy atom. The van der Waals surface area contributed by atoms with Gasteiger partial charge >= 0.3 is 5.97 Å². The lowest BCUT2D eigenvalue weighted by Crippen LogP contribution is -2.12. The Morgan fingerprint density at radius 2 is 2.25 bits per heavy atom. The van der Waals surface area contributed by atoms with E-state index < -0.39 is 5.97 Å². The van der Waals surface area contributed by atoms with Crippen LogP contribution in [0.4, 0.5) is 0 Å². The molecule has 0 aromatic carbocycles. The Hall–Kier alpha value is -1.91. The van der Waals surface area contributed by atoms with Gasteiger partial charge in [0.2, 0.25) is 0 Å². The van der Waals surface area contributed by atoms with Crippen molar-refractivity contribution in [2.75, 3.05) is 0 Å². The summed E-state index contributed by atoms with van der Waals surface area (Å²) in [5.41, 5.74) is 0.650. The summed E-state index contributed by atoms with van der Waals surface area (Å²) in [5, 5.41) is 17.1. The molecule has 0 bridgehead atoms. The monoisotopic (exact) mass is 217 g/mol. The molecule has 0 atom stereocenters. The number of aromatic nitrogens is 3. The molecule has 3 rings (SSSR count). The van der Waals surface area contributed by atoms with Gasteiger partial charge in [0.1, 0.15) is 11.4 Å². The van der Waals surface area contributed by atoms with Crippen LogP contribution in [0.15, 0.2) is 18.3 Å². The minimum atomic E-state index is -0.960. The summed E-state index contributed by atoms with van der Waals surface area (Å²) in [5.74, 6) is 0.376. The van der Waals surface area contributed by atoms with Crippen LogP contribution in [-0.4, -0.2) is 25.7 Å². The maximum atomic E-state index is 11.0. The number of aromatic carboxylic acids is 1. The predicted octanol–water partition coefficient (Wildman–Crippen LogP) is 1.69. The Kier molecular flexibility index (Phi) is 1.92. The summed E-state index contributed by atoms with van der Waals surface area (Å²) < 4.78 is 1.80. The van der Waals surface area contributed by atoms with Crippen LogP contribution >= 0.6 is 0 Å². The van der Waals surface area contributed by atoms with E-state index in [9.17, 15) is 4.79 Å². The van der Waals surface area contributed by atoms with Gasteiger partial charge in [0.25, 0.3) is 0 Å². The van der Waals surface area contributed by atoms with Crippen molar-refractivity contribution >= 4 is 11.6 Å². The van der Waals surface area contributed by atoms with Crippen LogP contribution in [0.3, 0.4) is 0 Å². The van der Waals surface area contributed by atoms with Crippen LogP contribution < -0.4 is 0 Å². The minimum Gasteiger partial charge on any atom is -0.478 e. The van der Waals surface area contributed by atoms with Crippen molar-refractivity contribution in [3.05, 3.63) is 29.7 Å². The molecule has 0 aliphatic heterocycles. The highest BCUT2D eigenvalue weighted by molar-refractivity contribution is 5.94. The highest BCUT2D eigenvalue weighted by atomic mass is 16.4. The molecular weight excluding hydrogens is 206 g/mol. The molecule has 0 saturated heterocycles. The maximum Gasteiger partial charge on any atom is 0.339 e. The average molecular weight is 217 g/mol. The molecule has 0 amide bonds. The van der Waals surface area contributed by atoms with E-state index in [2.05, 4.69) is 10.2 Å². The van der Waals surface area contributed by atoms with Crippen LogP contribution in [0.1, 0.15) is 41.4 Å². The van der Waals surface area contributed by atoms with Gasteiger partial charge in [-0.1, -0.05) is 6.42 Å². The topological polar surface area (TPSA) is 67.5 Å². The average Bonchev–Trinajstić information content (AvgIpc) is 2.59. The number of hydrogen-bond donors (Lipinski definition) is 1. The van der Waals surface area contributed by atoms with Crippen LogP contribution in [-0.2, 0) is 0 Å². The van der Waals surface area contributed by atoms with E-state index in [1.165, 1.54) is 6.42 Å². The van der Waals surface area contributed by atoms with E-state index in [4.69, 9.17) is 5.11 Å². The molecule has 5 nitrogen and oxygen atoms in total. The third-order valence-electron chi connectivity index (χ3n) is 3.16. The Balaban J connectivity index is 2.19. The molecule has 2 heterocycles. The quantitative estimate of drug-likeness (QED) is 0.831. The van der Waals surface area contributed by atoms with Gasteiger partial charge in [0, 0.05) is 12.1 Å². The second kappa shape index (κ2) is 3.30. The SMILES string of the molecule is O=C(O)c1cccn2c(C3CCC3)nnc12. The van der Waals surface area contributed by atoms with Gasteiger partial charge in [-0.15, -0.1) is 10.2 Å².